The van der Waals surface area contributed by atoms with Crippen molar-refractivity contribution < 1.29 is 14.7 Å². The third-order valence-electron chi connectivity index (χ3n) is 8.45. The van der Waals surface area contributed by atoms with Crippen molar-refractivity contribution in [2.75, 3.05) is 32.7 Å². The number of hydrogen-bond acceptors (Lipinski definition) is 3. The van der Waals surface area contributed by atoms with Crippen molar-refractivity contribution in [1.29, 1.82) is 0 Å². The lowest BCUT2D eigenvalue weighted by Crippen LogP contribution is -2.55. The number of quaternary nitrogens is 1. The molecular formula is C26H39ClN3O3+. The molecule has 4 aliphatic rings. The second-order valence-electron chi connectivity index (χ2n) is 10.6. The number of carboxylic acid groups (broad SMARTS) is 1. The van der Waals surface area contributed by atoms with Gasteiger partial charge in [-0.2, -0.15) is 0 Å². The topological polar surface area (TPSA) is 69.6 Å². The van der Waals surface area contributed by atoms with Crippen LogP contribution in [-0.4, -0.2) is 60.8 Å². The Morgan fingerprint density at radius 3 is 2.42 bits per heavy atom. The predicted molar refractivity (Wildman–Crippen MR) is 133 cm³/mol. The van der Waals surface area contributed by atoms with Gasteiger partial charge in [0.15, 0.2) is 0 Å². The molecule has 7 heteroatoms. The molecule has 3 fully saturated rings. The van der Waals surface area contributed by atoms with Gasteiger partial charge in [0.25, 0.3) is 0 Å². The molecule has 5 rings (SSSR count). The van der Waals surface area contributed by atoms with Gasteiger partial charge in [0.1, 0.15) is 12.2 Å². The number of aliphatic carboxylic acids is 1. The number of nitrogens with zero attached hydrogens (tertiary/aromatic N) is 2. The number of nitrogens with one attached hydrogen (secondary N) is 1. The predicted octanol–water partition coefficient (Wildman–Crippen LogP) is 4.37. The first-order valence-electron chi connectivity index (χ1n) is 12.8. The maximum absolute atomic E-state index is 14.0. The molecule has 0 aromatic heterocycles. The molecule has 2 aliphatic heterocycles. The highest BCUT2D eigenvalue weighted by Crippen LogP contribution is 2.41. The maximum Gasteiger partial charge on any atom is 0.424 e. The molecule has 33 heavy (non-hydrogen) atoms. The fourth-order valence-corrected chi connectivity index (χ4v) is 6.31. The van der Waals surface area contributed by atoms with Gasteiger partial charge in [-0.3, -0.25) is 9.69 Å². The summed E-state index contributed by atoms with van der Waals surface area (Å²) < 4.78 is 0.518. The van der Waals surface area contributed by atoms with E-state index in [1.807, 2.05) is 0 Å². The molecule has 1 aromatic carbocycles. The third kappa shape index (κ3) is 5.23. The molecule has 2 heterocycles. The molecule has 1 aromatic rings. The van der Waals surface area contributed by atoms with Crippen molar-refractivity contribution in [2.45, 2.75) is 70.3 Å². The van der Waals surface area contributed by atoms with Crippen LogP contribution in [0.15, 0.2) is 18.2 Å². The Morgan fingerprint density at radius 2 is 1.73 bits per heavy atom. The molecular weight excluding hydrogens is 438 g/mol. The van der Waals surface area contributed by atoms with Crippen LogP contribution < -0.4 is 9.80 Å². The van der Waals surface area contributed by atoms with Crippen LogP contribution in [0.25, 0.3) is 0 Å². The van der Waals surface area contributed by atoms with Gasteiger partial charge in [0.05, 0.1) is 13.1 Å². The van der Waals surface area contributed by atoms with Gasteiger partial charge < -0.3 is 10.4 Å². The van der Waals surface area contributed by atoms with Gasteiger partial charge in [-0.15, -0.1) is 12.4 Å². The summed E-state index contributed by atoms with van der Waals surface area (Å²) in [7, 11) is 0. The highest BCUT2D eigenvalue weighted by molar-refractivity contribution is 5.90. The summed E-state index contributed by atoms with van der Waals surface area (Å²) in [6.07, 6.45) is 9.84. The molecule has 182 valence electrons. The quantitative estimate of drug-likeness (QED) is 0.573. The van der Waals surface area contributed by atoms with Crippen molar-refractivity contribution in [1.82, 2.24) is 14.7 Å². The van der Waals surface area contributed by atoms with Crippen LogP contribution in [0, 0.1) is 11.8 Å². The summed E-state index contributed by atoms with van der Waals surface area (Å²) in [5.41, 5.74) is 4.07. The maximum atomic E-state index is 14.0. The van der Waals surface area contributed by atoms with Crippen LogP contribution >= 0.6 is 12.4 Å². The van der Waals surface area contributed by atoms with Crippen LogP contribution in [0.2, 0.25) is 0 Å². The Hall–Kier alpha value is -1.63. The summed E-state index contributed by atoms with van der Waals surface area (Å²) >= 11 is 0. The molecule has 6 nitrogen and oxygen atoms in total. The standard InChI is InChI=1S/C26H37N3O3.ClH/c30-25(31)10-5-19-3-7-23(8-4-19)28-15-16-29(26(28)32,18-20-1-2-20)24-9-6-21-11-13-27-14-12-22(21)17-24;/h6,9,17,19-20,23,27H,1-5,7-8,10-16,18H2;1H/p+1/t19-,23-,29?;. The molecule has 1 atom stereocenters. The van der Waals surface area contributed by atoms with Crippen molar-refractivity contribution in [2.24, 2.45) is 11.8 Å². The number of fused-ring (bicyclic) bond motifs is 1. The largest absolute Gasteiger partial charge is 0.481 e. The minimum Gasteiger partial charge on any atom is -0.481 e. The van der Waals surface area contributed by atoms with Gasteiger partial charge >= 0.3 is 12.0 Å². The van der Waals surface area contributed by atoms with E-state index in [2.05, 4.69) is 28.4 Å². The van der Waals surface area contributed by atoms with E-state index in [1.165, 1.54) is 29.7 Å². The average Bonchev–Trinajstić information content (AvgIpc) is 3.59. The number of carbonyl (C=O) groups excluding carboxylic acids is 1. The van der Waals surface area contributed by atoms with E-state index in [9.17, 15) is 9.59 Å². The van der Waals surface area contributed by atoms with Crippen molar-refractivity contribution in [3.8, 4) is 0 Å². The lowest BCUT2D eigenvalue weighted by atomic mass is 9.83. The number of amides is 2. The Morgan fingerprint density at radius 1 is 1.03 bits per heavy atom. The highest BCUT2D eigenvalue weighted by Gasteiger charge is 2.53. The Kier molecular flexibility index (Phi) is 7.66. The summed E-state index contributed by atoms with van der Waals surface area (Å²) in [5, 5.41) is 12.5. The summed E-state index contributed by atoms with van der Waals surface area (Å²) in [5.74, 6) is 0.496. The molecule has 1 saturated heterocycles. The van der Waals surface area contributed by atoms with Gasteiger partial charge in [0.2, 0.25) is 0 Å². The Labute approximate surface area is 203 Å². The zero-order valence-corrected chi connectivity index (χ0v) is 20.5. The molecule has 2 N–H and O–H groups in total. The van der Waals surface area contributed by atoms with Crippen LogP contribution in [0.1, 0.15) is 62.5 Å². The average molecular weight is 477 g/mol. The van der Waals surface area contributed by atoms with Crippen LogP contribution in [0.3, 0.4) is 0 Å². The fraction of sp³-hybridized carbons (Fsp3) is 0.692. The van der Waals surface area contributed by atoms with Crippen LogP contribution in [0.5, 0.6) is 0 Å². The van der Waals surface area contributed by atoms with Gasteiger partial charge in [-0.1, -0.05) is 6.07 Å². The first-order valence-corrected chi connectivity index (χ1v) is 12.8. The Balaban J connectivity index is 0.00000259. The highest BCUT2D eigenvalue weighted by atomic mass is 35.5. The van der Waals surface area contributed by atoms with Gasteiger partial charge in [-0.25, -0.2) is 9.28 Å². The SMILES string of the molecule is Cl.O=C(O)CC[C@H]1CC[C@H](N2CC[N+](CC3CC3)(c3ccc4c(c3)CCNCC4)C2=O)CC1. The number of rotatable bonds is 7. The number of hydrogen-bond donors (Lipinski definition) is 2. The number of carbonyl (C=O) groups is 2. The molecule has 2 amide bonds. The first kappa shape index (κ1) is 24.5. The van der Waals surface area contributed by atoms with E-state index >= 15 is 0 Å². The summed E-state index contributed by atoms with van der Waals surface area (Å²) in [6, 6.07) is 7.53. The smallest absolute Gasteiger partial charge is 0.424 e. The minimum absolute atomic E-state index is 0. The van der Waals surface area contributed by atoms with Crippen molar-refractivity contribution in [3.05, 3.63) is 29.3 Å². The molecule has 2 saturated carbocycles. The molecule has 0 spiro atoms. The molecule has 2 aliphatic carbocycles. The summed E-state index contributed by atoms with van der Waals surface area (Å²) in [6.45, 7) is 4.76. The molecule has 1 unspecified atom stereocenters. The van der Waals surface area contributed by atoms with Crippen LogP contribution in [-0.2, 0) is 17.6 Å². The number of carboxylic acids is 1. The second kappa shape index (κ2) is 10.3. The normalized spacial score (nSPS) is 29.8. The van der Waals surface area contributed by atoms with E-state index in [0.29, 0.717) is 28.4 Å². The zero-order valence-electron chi connectivity index (χ0n) is 19.6. The monoisotopic (exact) mass is 476 g/mol. The van der Waals surface area contributed by atoms with E-state index < -0.39 is 5.97 Å². The lowest BCUT2D eigenvalue weighted by Gasteiger charge is -2.35. The van der Waals surface area contributed by atoms with Gasteiger partial charge in [0, 0.05) is 24.4 Å². The van der Waals surface area contributed by atoms with E-state index in [0.717, 1.165) is 77.7 Å². The summed E-state index contributed by atoms with van der Waals surface area (Å²) in [4.78, 5) is 27.1. The fourth-order valence-electron chi connectivity index (χ4n) is 6.31. The lowest BCUT2D eigenvalue weighted by molar-refractivity contribution is -0.137. The minimum atomic E-state index is -0.694. The third-order valence-corrected chi connectivity index (χ3v) is 8.45. The van der Waals surface area contributed by atoms with E-state index in [-0.39, 0.29) is 18.8 Å². The van der Waals surface area contributed by atoms with Crippen molar-refractivity contribution in [3.63, 3.8) is 0 Å². The number of urea groups is 1. The first-order chi connectivity index (χ1) is 15.5. The number of halogens is 1. The number of benzene rings is 1. The zero-order chi connectivity index (χ0) is 22.1. The Bertz CT molecular complexity index is 866. The van der Waals surface area contributed by atoms with E-state index in [1.54, 1.807) is 0 Å². The van der Waals surface area contributed by atoms with E-state index in [4.69, 9.17) is 5.11 Å². The molecule has 0 radical (unpaired) electrons. The second-order valence-corrected chi connectivity index (χ2v) is 10.6. The van der Waals surface area contributed by atoms with Crippen molar-refractivity contribution >= 4 is 30.1 Å². The van der Waals surface area contributed by atoms with Gasteiger partial charge in [-0.05, 0) is 94.0 Å². The van der Waals surface area contributed by atoms with Crippen LogP contribution in [0.4, 0.5) is 10.5 Å². The molecule has 0 bridgehead atoms.